The van der Waals surface area contributed by atoms with Gasteiger partial charge < -0.3 is 19.3 Å². The number of hydrogen-bond acceptors (Lipinski definition) is 4. The predicted molar refractivity (Wildman–Crippen MR) is 85.7 cm³/mol. The van der Waals surface area contributed by atoms with Crippen LogP contribution >= 0.6 is 0 Å². The Bertz CT molecular complexity index is 771. The largest absolute Gasteiger partial charge is 0.481 e. The smallest absolute Gasteiger partial charge is 0.313 e. The van der Waals surface area contributed by atoms with E-state index in [-0.39, 0.29) is 5.91 Å². The van der Waals surface area contributed by atoms with Crippen LogP contribution in [0.4, 0.5) is 0 Å². The number of amides is 1. The van der Waals surface area contributed by atoms with Gasteiger partial charge in [0.2, 0.25) is 0 Å². The number of imidazole rings is 1. The van der Waals surface area contributed by atoms with E-state index in [9.17, 15) is 14.7 Å². The summed E-state index contributed by atoms with van der Waals surface area (Å²) in [6.45, 7) is 0.617. The highest BCUT2D eigenvalue weighted by atomic mass is 16.5. The molecule has 1 aromatic carbocycles. The number of aryl methyl sites for hydroxylation is 1. The predicted octanol–water partition coefficient (Wildman–Crippen LogP) is 1.43. The Morgan fingerprint density at radius 3 is 2.75 bits per heavy atom. The van der Waals surface area contributed by atoms with Gasteiger partial charge in [-0.15, -0.1) is 0 Å². The van der Waals surface area contributed by atoms with Crippen LogP contribution in [0.3, 0.4) is 0 Å². The molecular weight excluding hydrogens is 310 g/mol. The molecule has 3 rings (SSSR count). The molecule has 0 fully saturated rings. The second-order valence-electron chi connectivity index (χ2n) is 5.74. The van der Waals surface area contributed by atoms with E-state index in [1.165, 1.54) is 0 Å². The summed E-state index contributed by atoms with van der Waals surface area (Å²) in [7, 11) is 3.34. The monoisotopic (exact) mass is 329 g/mol. The van der Waals surface area contributed by atoms with Crippen LogP contribution in [0.5, 0.6) is 0 Å². The molecule has 24 heavy (non-hydrogen) atoms. The Morgan fingerprint density at radius 2 is 2.12 bits per heavy atom. The topological polar surface area (TPSA) is 84.7 Å². The van der Waals surface area contributed by atoms with Gasteiger partial charge in [0.15, 0.2) is 0 Å². The Hall–Kier alpha value is -2.67. The number of hydrogen-bond donors (Lipinski definition) is 1. The lowest BCUT2D eigenvalue weighted by atomic mass is 9.82. The molecule has 0 saturated carbocycles. The second-order valence-corrected chi connectivity index (χ2v) is 5.74. The van der Waals surface area contributed by atoms with E-state index in [0.717, 1.165) is 0 Å². The fourth-order valence-electron chi connectivity index (χ4n) is 3.24. The normalized spacial score (nSPS) is 20.1. The highest BCUT2D eigenvalue weighted by molar-refractivity contribution is 6.00. The molecule has 1 aliphatic heterocycles. The van der Waals surface area contributed by atoms with E-state index in [1.807, 2.05) is 0 Å². The second kappa shape index (κ2) is 6.45. The highest BCUT2D eigenvalue weighted by Crippen LogP contribution is 2.41. The minimum absolute atomic E-state index is 0.201. The number of aliphatic carboxylic acids is 1. The van der Waals surface area contributed by atoms with Crippen molar-refractivity contribution >= 4 is 11.9 Å². The lowest BCUT2D eigenvalue weighted by Gasteiger charge is -2.39. The zero-order valence-corrected chi connectivity index (χ0v) is 13.5. The van der Waals surface area contributed by atoms with Gasteiger partial charge in [0.25, 0.3) is 5.91 Å². The van der Waals surface area contributed by atoms with Gasteiger partial charge in [-0.2, -0.15) is 0 Å². The van der Waals surface area contributed by atoms with Gasteiger partial charge in [0, 0.05) is 38.7 Å². The first-order valence-electron chi connectivity index (χ1n) is 7.65. The van der Waals surface area contributed by atoms with Crippen molar-refractivity contribution in [2.24, 2.45) is 7.05 Å². The minimum Gasteiger partial charge on any atom is -0.481 e. The number of carboxylic acid groups (broad SMARTS) is 1. The maximum Gasteiger partial charge on any atom is 0.313 e. The molecule has 1 N–H and O–H groups in total. The Morgan fingerprint density at radius 1 is 1.38 bits per heavy atom. The fraction of sp³-hybridized carbons (Fsp3) is 0.353. The first-order chi connectivity index (χ1) is 11.6. The maximum absolute atomic E-state index is 12.9. The molecule has 1 amide bonds. The SMILES string of the molecule is COCCN1C(=O)c2ccccc2[C@H](C(=O)O)[C@H]1c1nccn1C. The number of nitrogens with zero attached hydrogens (tertiary/aromatic N) is 3. The molecule has 0 saturated heterocycles. The molecule has 2 atom stereocenters. The number of rotatable bonds is 5. The van der Waals surface area contributed by atoms with E-state index in [0.29, 0.717) is 30.1 Å². The number of methoxy groups -OCH3 is 1. The summed E-state index contributed by atoms with van der Waals surface area (Å²) in [5.41, 5.74) is 0.947. The number of fused-ring (bicyclic) bond motifs is 1. The average Bonchev–Trinajstić information content (AvgIpc) is 2.99. The third-order valence-electron chi connectivity index (χ3n) is 4.36. The summed E-state index contributed by atoms with van der Waals surface area (Å²) in [6.07, 6.45) is 3.35. The van der Waals surface area contributed by atoms with Crippen molar-refractivity contribution in [3.05, 3.63) is 53.6 Å². The zero-order chi connectivity index (χ0) is 17.3. The van der Waals surface area contributed by atoms with Gasteiger partial charge >= 0.3 is 5.97 Å². The van der Waals surface area contributed by atoms with Gasteiger partial charge in [0.05, 0.1) is 6.61 Å². The first kappa shape index (κ1) is 16.2. The van der Waals surface area contributed by atoms with Crippen LogP contribution in [-0.2, 0) is 16.6 Å². The fourth-order valence-corrected chi connectivity index (χ4v) is 3.24. The molecular formula is C17H19N3O4. The summed E-state index contributed by atoms with van der Waals surface area (Å²) in [5, 5.41) is 9.87. The average molecular weight is 329 g/mol. The molecule has 2 aromatic rings. The molecule has 0 bridgehead atoms. The number of aromatic nitrogens is 2. The molecule has 126 valence electrons. The van der Waals surface area contributed by atoms with Crippen LogP contribution in [0.15, 0.2) is 36.7 Å². The lowest BCUT2D eigenvalue weighted by molar-refractivity contribution is -0.140. The molecule has 1 aliphatic rings. The Labute approximate surface area is 139 Å². The van der Waals surface area contributed by atoms with Gasteiger partial charge in [0.1, 0.15) is 17.8 Å². The van der Waals surface area contributed by atoms with Gasteiger partial charge in [-0.1, -0.05) is 18.2 Å². The third kappa shape index (κ3) is 2.56. The summed E-state index contributed by atoms with van der Waals surface area (Å²) in [6, 6.07) is 6.19. The molecule has 0 unspecified atom stereocenters. The number of carbonyl (C=O) groups excluding carboxylic acids is 1. The standard InChI is InChI=1S/C17H19N3O4/c1-19-8-7-18-15(19)14-13(17(22)23)11-5-3-4-6-12(11)16(21)20(14)9-10-24-2/h3-8,13-14H,9-10H2,1-2H3,(H,22,23)/t13-,14-/m0/s1. The Balaban J connectivity index is 2.18. The Kier molecular flexibility index (Phi) is 4.35. The van der Waals surface area contributed by atoms with E-state index in [1.54, 1.807) is 60.3 Å². The van der Waals surface area contributed by atoms with E-state index in [4.69, 9.17) is 4.74 Å². The van der Waals surface area contributed by atoms with Crippen molar-refractivity contribution in [2.75, 3.05) is 20.3 Å². The van der Waals surface area contributed by atoms with Crippen molar-refractivity contribution in [1.29, 1.82) is 0 Å². The first-order valence-corrected chi connectivity index (χ1v) is 7.65. The molecule has 0 spiro atoms. The molecule has 2 heterocycles. The highest BCUT2D eigenvalue weighted by Gasteiger charge is 2.45. The third-order valence-corrected chi connectivity index (χ3v) is 4.36. The minimum atomic E-state index is -0.981. The summed E-state index contributed by atoms with van der Waals surface area (Å²) in [5.74, 6) is -1.52. The van der Waals surface area contributed by atoms with Crippen molar-refractivity contribution in [3.63, 3.8) is 0 Å². The quantitative estimate of drug-likeness (QED) is 0.897. The van der Waals surface area contributed by atoms with Gasteiger partial charge in [-0.05, 0) is 11.6 Å². The van der Waals surface area contributed by atoms with Crippen LogP contribution in [0.1, 0.15) is 33.7 Å². The van der Waals surface area contributed by atoms with E-state index in [2.05, 4.69) is 4.98 Å². The van der Waals surface area contributed by atoms with Gasteiger partial charge in [-0.25, -0.2) is 4.98 Å². The van der Waals surface area contributed by atoms with Gasteiger partial charge in [-0.3, -0.25) is 9.59 Å². The van der Waals surface area contributed by atoms with Crippen LogP contribution < -0.4 is 0 Å². The summed E-state index contributed by atoms with van der Waals surface area (Å²) >= 11 is 0. The molecule has 7 nitrogen and oxygen atoms in total. The molecule has 1 aromatic heterocycles. The van der Waals surface area contributed by atoms with Crippen LogP contribution in [0.2, 0.25) is 0 Å². The zero-order valence-electron chi connectivity index (χ0n) is 13.5. The number of carboxylic acids is 1. The maximum atomic E-state index is 12.9. The van der Waals surface area contributed by atoms with Crippen LogP contribution in [0, 0.1) is 0 Å². The van der Waals surface area contributed by atoms with Crippen molar-refractivity contribution < 1.29 is 19.4 Å². The van der Waals surface area contributed by atoms with E-state index < -0.39 is 17.9 Å². The van der Waals surface area contributed by atoms with Crippen molar-refractivity contribution in [2.45, 2.75) is 12.0 Å². The number of benzene rings is 1. The number of ether oxygens (including phenoxy) is 1. The lowest BCUT2D eigenvalue weighted by Crippen LogP contribution is -2.47. The van der Waals surface area contributed by atoms with Crippen molar-refractivity contribution in [3.8, 4) is 0 Å². The van der Waals surface area contributed by atoms with Crippen molar-refractivity contribution in [1.82, 2.24) is 14.5 Å². The van der Waals surface area contributed by atoms with Crippen LogP contribution in [0.25, 0.3) is 0 Å². The molecule has 0 aliphatic carbocycles. The molecule has 7 heteroatoms. The van der Waals surface area contributed by atoms with Crippen LogP contribution in [-0.4, -0.2) is 51.7 Å². The summed E-state index contributed by atoms with van der Waals surface area (Å²) in [4.78, 5) is 30.9. The number of carbonyl (C=O) groups is 2. The van der Waals surface area contributed by atoms with E-state index >= 15 is 0 Å². The molecule has 0 radical (unpaired) electrons. The summed E-state index contributed by atoms with van der Waals surface area (Å²) < 4.78 is 6.86.